The molecule has 3 heterocycles. The Bertz CT molecular complexity index is 1860. The number of carbonyl (C=O) groups is 4. The smallest absolute Gasteiger partial charge is 0.329 e. The lowest BCUT2D eigenvalue weighted by Gasteiger charge is -2.42. The largest absolute Gasteiger partial charge is 0.460 e. The highest BCUT2D eigenvalue weighted by Gasteiger charge is 2.53. The predicted molar refractivity (Wildman–Crippen MR) is 249 cm³/mol. The average Bonchev–Trinajstić information content (AvgIpc) is 3.29. The fraction of sp³-hybridized carbons (Fsp3) is 0.731. The topological polar surface area (TPSA) is 178 Å². The minimum absolute atomic E-state index is 0.0151. The molecule has 65 heavy (non-hydrogen) atoms. The van der Waals surface area contributed by atoms with E-state index in [9.17, 15) is 34.5 Å². The van der Waals surface area contributed by atoms with Gasteiger partial charge in [0.1, 0.15) is 30.1 Å². The summed E-state index contributed by atoms with van der Waals surface area (Å²) in [4.78, 5) is 58.6. The first-order chi connectivity index (χ1) is 32.0. The van der Waals surface area contributed by atoms with E-state index in [0.717, 1.165) is 10.5 Å². The van der Waals surface area contributed by atoms with Gasteiger partial charge in [-0.2, -0.15) is 0 Å². The average molecular weight is 915 g/mol. The number of ketones is 2. The highest BCUT2D eigenvalue weighted by atomic mass is 16.6. The summed E-state index contributed by atoms with van der Waals surface area (Å²) in [5, 5.41) is 34.2. The molecule has 0 spiro atoms. The van der Waals surface area contributed by atoms with E-state index < -0.39 is 109 Å². The number of nitrogens with zero attached hydrogens (tertiary/aromatic N) is 1. The molecule has 1 amide bonds. The normalized spacial score (nSPS) is 41.3. The first-order valence-corrected chi connectivity index (χ1v) is 23.8. The minimum atomic E-state index is -2.85. The molecular formula is C52H81NO12. The molecule has 1 aliphatic carbocycles. The third kappa shape index (κ3) is 14.4. The Morgan fingerprint density at radius 2 is 1.66 bits per heavy atom. The third-order valence-corrected chi connectivity index (χ3v) is 14.5. The van der Waals surface area contributed by atoms with E-state index in [2.05, 4.69) is 13.5 Å². The summed E-state index contributed by atoms with van der Waals surface area (Å²) in [5.74, 6) is -9.31. The van der Waals surface area contributed by atoms with E-state index in [-0.39, 0.29) is 36.3 Å². The molecule has 4 aliphatic rings. The summed E-state index contributed by atoms with van der Waals surface area (Å²) in [5.41, 5.74) is 1.68. The molecule has 0 unspecified atom stereocenters. The molecule has 3 fully saturated rings. The third-order valence-electron chi connectivity index (χ3n) is 14.5. The van der Waals surface area contributed by atoms with Crippen LogP contribution in [0.1, 0.15) is 130 Å². The lowest BCUT2D eigenvalue weighted by molar-refractivity contribution is -0.265. The number of allylic oxidation sites excluding steroid dienone is 6. The predicted octanol–water partition coefficient (Wildman–Crippen LogP) is 7.17. The van der Waals surface area contributed by atoms with Crippen molar-refractivity contribution in [2.45, 2.75) is 180 Å². The van der Waals surface area contributed by atoms with Crippen LogP contribution in [0, 0.1) is 35.5 Å². The van der Waals surface area contributed by atoms with Gasteiger partial charge in [-0.1, -0.05) is 77.6 Å². The Balaban J connectivity index is 1.77. The van der Waals surface area contributed by atoms with E-state index in [1.807, 2.05) is 51.2 Å². The van der Waals surface area contributed by atoms with Gasteiger partial charge < -0.3 is 43.9 Å². The van der Waals surface area contributed by atoms with E-state index in [4.69, 9.17) is 27.8 Å². The highest BCUT2D eigenvalue weighted by Crippen LogP contribution is 2.38. The first kappa shape index (κ1) is 49.6. The summed E-state index contributed by atoms with van der Waals surface area (Å²) in [6, 6.07) is -1.24. The Kier molecular flexibility index (Phi) is 19.2. The summed E-state index contributed by atoms with van der Waals surface area (Å²) in [6.45, 7) is 12.4. The zero-order valence-electron chi connectivity index (χ0n) is 43.4. The van der Waals surface area contributed by atoms with Gasteiger partial charge in [-0.3, -0.25) is 14.4 Å². The Morgan fingerprint density at radius 3 is 2.34 bits per heavy atom. The van der Waals surface area contributed by atoms with E-state index in [1.165, 1.54) is 20.3 Å². The van der Waals surface area contributed by atoms with Gasteiger partial charge in [0, 0.05) is 56.7 Å². The maximum Gasteiger partial charge on any atom is 0.329 e. The van der Waals surface area contributed by atoms with Crippen LogP contribution in [-0.4, -0.2) is 126 Å². The zero-order chi connectivity index (χ0) is 50.7. The van der Waals surface area contributed by atoms with Crippen LogP contribution in [0.5, 0.6) is 0 Å². The molecule has 0 radical (unpaired) electrons. The van der Waals surface area contributed by atoms with Crippen molar-refractivity contribution in [3.63, 3.8) is 0 Å². The molecule has 15 atom stereocenters. The maximum atomic E-state index is 14.5. The number of rotatable bonds is 6. The van der Waals surface area contributed by atoms with Crippen molar-refractivity contribution >= 4 is 23.4 Å². The lowest BCUT2D eigenvalue weighted by Crippen LogP contribution is -2.61. The number of Topliss-reactive ketones (excluding diaryl/α,β-unsaturated/α-hetero) is 2. The molecule has 13 heteroatoms. The number of amides is 1. The Morgan fingerprint density at radius 1 is 0.923 bits per heavy atom. The fourth-order valence-electron chi connectivity index (χ4n) is 10.0. The molecule has 2 saturated heterocycles. The van der Waals surface area contributed by atoms with Gasteiger partial charge in [0.15, 0.2) is 0 Å². The van der Waals surface area contributed by atoms with Gasteiger partial charge in [-0.15, -0.1) is 0 Å². The molecule has 1 saturated carbocycles. The Hall–Kier alpha value is -3.30. The van der Waals surface area contributed by atoms with Crippen molar-refractivity contribution in [3.05, 3.63) is 59.8 Å². The second-order valence-electron chi connectivity index (χ2n) is 19.5. The van der Waals surface area contributed by atoms with Crippen LogP contribution in [-0.2, 0) is 42.9 Å². The van der Waals surface area contributed by atoms with Crippen LogP contribution in [0.2, 0.25) is 0 Å². The number of methoxy groups -OCH3 is 3. The van der Waals surface area contributed by atoms with Crippen LogP contribution in [0.25, 0.3) is 0 Å². The summed E-state index contributed by atoms with van der Waals surface area (Å²) in [6.07, 6.45) is 10.0. The summed E-state index contributed by atoms with van der Waals surface area (Å²) < 4.78 is 55.0. The number of aliphatic hydroxyl groups excluding tert-OH is 2. The lowest BCUT2D eigenvalue weighted by atomic mass is 9.78. The van der Waals surface area contributed by atoms with Crippen LogP contribution in [0.15, 0.2) is 59.8 Å². The van der Waals surface area contributed by atoms with E-state index in [1.54, 1.807) is 21.0 Å². The Labute approximate surface area is 392 Å². The number of carbonyl (C=O) groups excluding carboxylic acids is 4. The maximum absolute atomic E-state index is 14.5. The first-order valence-electron chi connectivity index (χ1n) is 25.3. The molecule has 3 aliphatic heterocycles. The number of piperidine rings is 1. The molecule has 0 aromatic carbocycles. The van der Waals surface area contributed by atoms with Crippen LogP contribution >= 0.6 is 0 Å². The minimum Gasteiger partial charge on any atom is -0.460 e. The number of hydrogen-bond donors (Lipinski definition) is 3. The number of fused-ring (bicyclic) bond motifs is 3. The van der Waals surface area contributed by atoms with Crippen LogP contribution in [0.4, 0.5) is 0 Å². The highest BCUT2D eigenvalue weighted by molar-refractivity contribution is 6.39. The molecule has 0 aromatic rings. The van der Waals surface area contributed by atoms with Gasteiger partial charge in [0.05, 0.1) is 24.4 Å². The summed E-state index contributed by atoms with van der Waals surface area (Å²) >= 11 is 0. The second kappa shape index (κ2) is 25.2. The van der Waals surface area contributed by atoms with E-state index in [0.29, 0.717) is 69.8 Å². The van der Waals surface area contributed by atoms with Crippen LogP contribution in [0.3, 0.4) is 0 Å². The van der Waals surface area contributed by atoms with Crippen molar-refractivity contribution in [3.8, 4) is 0 Å². The van der Waals surface area contributed by atoms with Gasteiger partial charge in [0.25, 0.3) is 11.7 Å². The SMILES string of the molecule is [2H]C([2H])([2H])[C@@H]1/C=C(\C)[C@@H](O)[C@@H](OC)C(=C)[C@H](C)C[C@H](C)/C=C/C=C/C=C(\C)[C@@H](OC)C[C@@H]2CC[C@@H](C)[C@@](O)(O2)C(=O)C(=O)N2CCCC[C@H]2C(=O)O[C@H]([C@H](C)C[C@@H]2CC[C@@H](O)[C@H](OC)C2)CC1=O. The van der Waals surface area contributed by atoms with Crippen LogP contribution < -0.4 is 0 Å². The molecule has 13 nitrogen and oxygen atoms in total. The number of cyclic esters (lactones) is 1. The molecule has 366 valence electrons. The number of esters is 1. The van der Waals surface area contributed by atoms with Crippen molar-refractivity contribution < 1.29 is 62.3 Å². The molecule has 2 bridgehead atoms. The molecule has 4 rings (SSSR count). The monoisotopic (exact) mass is 915 g/mol. The van der Waals surface area contributed by atoms with Gasteiger partial charge in [0.2, 0.25) is 5.79 Å². The van der Waals surface area contributed by atoms with Crippen molar-refractivity contribution in [2.75, 3.05) is 27.9 Å². The van der Waals surface area contributed by atoms with Crippen molar-refractivity contribution in [2.24, 2.45) is 35.5 Å². The standard InChI is InChI=1S/C52H81NO12/c1-31-17-13-12-14-18-32(2)44(61-9)29-40-22-20-37(7)52(60,65-40)49(57)50(58)53-24-16-15-19-41(53)51(59)64-45(35(5)27-39-21-23-42(54)46(28-39)62-10)30-43(55)34(4)26-36(6)47(56)48(63-11)38(8)33(3)25-31/h12-14,17-18,26,31,33-35,37,39-42,44-48,54,56,60H,8,15-16,19-25,27-30H2,1-7,9-11H3/b14-12+,17-13+,32-18+,36-26+/t31-,33-,34-,35-,37-,39+,40+,41+,42-,44+,45+,46-,47-,48+,52-/m1/s1/i4D3. The number of aliphatic hydroxyl groups is 3. The molecule has 0 aromatic heterocycles. The number of hydrogen-bond acceptors (Lipinski definition) is 12. The molecular weight excluding hydrogens is 831 g/mol. The second-order valence-corrected chi connectivity index (χ2v) is 19.5. The van der Waals surface area contributed by atoms with Crippen molar-refractivity contribution in [1.29, 1.82) is 0 Å². The van der Waals surface area contributed by atoms with Crippen molar-refractivity contribution in [1.82, 2.24) is 4.90 Å². The summed E-state index contributed by atoms with van der Waals surface area (Å²) in [7, 11) is 4.54. The number of ether oxygens (including phenoxy) is 5. The van der Waals surface area contributed by atoms with Gasteiger partial charge >= 0.3 is 5.97 Å². The fourth-order valence-corrected chi connectivity index (χ4v) is 10.0. The van der Waals surface area contributed by atoms with E-state index >= 15 is 0 Å². The zero-order valence-corrected chi connectivity index (χ0v) is 40.4. The molecule has 3 N–H and O–H groups in total. The van der Waals surface area contributed by atoms with Gasteiger partial charge in [-0.05, 0) is 118 Å². The van der Waals surface area contributed by atoms with Gasteiger partial charge in [-0.25, -0.2) is 4.79 Å². The quantitative estimate of drug-likeness (QED) is 0.139.